The Morgan fingerprint density at radius 1 is 1.44 bits per heavy atom. The van der Waals surface area contributed by atoms with Gasteiger partial charge >= 0.3 is 5.97 Å². The summed E-state index contributed by atoms with van der Waals surface area (Å²) in [6, 6.07) is -0.390. The second kappa shape index (κ2) is 5.49. The minimum Gasteiger partial charge on any atom is -0.480 e. The number of carbonyl (C=O) groups is 1. The first kappa shape index (κ1) is 13.0. The van der Waals surface area contributed by atoms with Crippen LogP contribution in [-0.2, 0) is 9.53 Å². The predicted octanol–water partition coefficient (Wildman–Crippen LogP) is 0.922. The Balaban J connectivity index is 2.20. The molecule has 0 bridgehead atoms. The van der Waals surface area contributed by atoms with E-state index in [1.165, 1.54) is 0 Å². The molecule has 6 heteroatoms. The van der Waals surface area contributed by atoms with Crippen molar-refractivity contribution in [1.29, 1.82) is 0 Å². The van der Waals surface area contributed by atoms with Gasteiger partial charge in [-0.2, -0.15) is 5.10 Å². The van der Waals surface area contributed by atoms with E-state index in [4.69, 9.17) is 4.74 Å². The Kier molecular flexibility index (Phi) is 3.98. The smallest absolute Gasteiger partial charge is 0.325 e. The summed E-state index contributed by atoms with van der Waals surface area (Å²) < 4.78 is 7.04. The first-order valence-corrected chi connectivity index (χ1v) is 6.18. The molecular formula is C12H19N3O3. The number of ether oxygens (including phenoxy) is 1. The molecule has 1 fully saturated rings. The second-order valence-corrected chi connectivity index (χ2v) is 4.74. The number of carboxylic acid groups (broad SMARTS) is 1. The van der Waals surface area contributed by atoms with E-state index in [-0.39, 0.29) is 6.04 Å². The van der Waals surface area contributed by atoms with Crippen molar-refractivity contribution in [3.63, 3.8) is 0 Å². The molecular weight excluding hydrogens is 234 g/mol. The summed E-state index contributed by atoms with van der Waals surface area (Å²) in [4.78, 5) is 13.4. The van der Waals surface area contributed by atoms with Gasteiger partial charge in [-0.25, -0.2) is 0 Å². The van der Waals surface area contributed by atoms with E-state index in [9.17, 15) is 9.90 Å². The van der Waals surface area contributed by atoms with Gasteiger partial charge in [-0.15, -0.1) is 0 Å². The highest BCUT2D eigenvalue weighted by molar-refractivity contribution is 5.75. The van der Waals surface area contributed by atoms with Crippen molar-refractivity contribution < 1.29 is 14.6 Å². The van der Waals surface area contributed by atoms with E-state index in [1.807, 2.05) is 24.9 Å². The van der Waals surface area contributed by atoms with Crippen LogP contribution in [0.5, 0.6) is 0 Å². The molecule has 1 N–H and O–H groups in total. The summed E-state index contributed by atoms with van der Waals surface area (Å²) in [5.41, 5.74) is 0.734. The van der Waals surface area contributed by atoms with E-state index < -0.39 is 12.0 Å². The predicted molar refractivity (Wildman–Crippen MR) is 65.4 cm³/mol. The highest BCUT2D eigenvalue weighted by Gasteiger charge is 2.29. The number of morpholine rings is 1. The maximum absolute atomic E-state index is 11.5. The molecule has 0 spiro atoms. The van der Waals surface area contributed by atoms with Gasteiger partial charge in [0.05, 0.1) is 19.4 Å². The molecule has 0 aromatic carbocycles. The molecule has 0 saturated carbocycles. The van der Waals surface area contributed by atoms with Crippen molar-refractivity contribution >= 4 is 5.97 Å². The van der Waals surface area contributed by atoms with E-state index in [0.717, 1.165) is 5.56 Å². The molecule has 1 aromatic rings. The van der Waals surface area contributed by atoms with Crippen molar-refractivity contribution in [2.24, 2.45) is 0 Å². The third-order valence-corrected chi connectivity index (χ3v) is 3.11. The average Bonchev–Trinajstić information content (AvgIpc) is 2.79. The number of carboxylic acids is 1. The summed E-state index contributed by atoms with van der Waals surface area (Å²) in [5.74, 6) is -0.833. The standard InChI is InChI=1S/C12H19N3O3/c1-9(2)15-8-10(7-13-15)11(12(16)17)14-3-5-18-6-4-14/h7-9,11H,3-6H2,1-2H3,(H,16,17). The van der Waals surface area contributed by atoms with Gasteiger partial charge in [0, 0.05) is 30.9 Å². The molecule has 0 aliphatic carbocycles. The van der Waals surface area contributed by atoms with Crippen LogP contribution in [0.4, 0.5) is 0 Å². The van der Waals surface area contributed by atoms with Gasteiger partial charge in [0.1, 0.15) is 6.04 Å². The summed E-state index contributed by atoms with van der Waals surface area (Å²) >= 11 is 0. The van der Waals surface area contributed by atoms with Crippen LogP contribution in [0, 0.1) is 0 Å². The fraction of sp³-hybridized carbons (Fsp3) is 0.667. The summed E-state index contributed by atoms with van der Waals surface area (Å²) in [5, 5.41) is 13.6. The SMILES string of the molecule is CC(C)n1cc(C(C(=O)O)N2CCOCC2)cn1. The highest BCUT2D eigenvalue weighted by atomic mass is 16.5. The lowest BCUT2D eigenvalue weighted by atomic mass is 10.1. The van der Waals surface area contributed by atoms with Crippen LogP contribution in [-0.4, -0.2) is 52.1 Å². The topological polar surface area (TPSA) is 67.6 Å². The zero-order valence-corrected chi connectivity index (χ0v) is 10.7. The van der Waals surface area contributed by atoms with Crippen LogP contribution < -0.4 is 0 Å². The fourth-order valence-electron chi connectivity index (χ4n) is 2.12. The first-order valence-electron chi connectivity index (χ1n) is 6.18. The van der Waals surface area contributed by atoms with Crippen LogP contribution >= 0.6 is 0 Å². The largest absolute Gasteiger partial charge is 0.480 e. The Bertz CT molecular complexity index is 410. The van der Waals surface area contributed by atoms with E-state index >= 15 is 0 Å². The van der Waals surface area contributed by atoms with Gasteiger partial charge in [0.15, 0.2) is 0 Å². The Morgan fingerprint density at radius 3 is 2.61 bits per heavy atom. The fourth-order valence-corrected chi connectivity index (χ4v) is 2.12. The van der Waals surface area contributed by atoms with Crippen molar-refractivity contribution in [2.75, 3.05) is 26.3 Å². The molecule has 1 aliphatic rings. The number of nitrogens with zero attached hydrogens (tertiary/aromatic N) is 3. The molecule has 6 nitrogen and oxygen atoms in total. The second-order valence-electron chi connectivity index (χ2n) is 4.74. The maximum atomic E-state index is 11.5. The maximum Gasteiger partial charge on any atom is 0.325 e. The van der Waals surface area contributed by atoms with Crippen molar-refractivity contribution in [2.45, 2.75) is 25.9 Å². The van der Waals surface area contributed by atoms with E-state index in [2.05, 4.69) is 5.10 Å². The van der Waals surface area contributed by atoms with Gasteiger partial charge in [-0.05, 0) is 13.8 Å². The zero-order chi connectivity index (χ0) is 13.1. The molecule has 0 amide bonds. The highest BCUT2D eigenvalue weighted by Crippen LogP contribution is 2.22. The van der Waals surface area contributed by atoms with Crippen molar-refractivity contribution in [1.82, 2.24) is 14.7 Å². The first-order chi connectivity index (χ1) is 8.59. The number of hydrogen-bond donors (Lipinski definition) is 1. The molecule has 2 heterocycles. The molecule has 0 radical (unpaired) electrons. The van der Waals surface area contributed by atoms with Crippen molar-refractivity contribution in [3.8, 4) is 0 Å². The number of hydrogen-bond acceptors (Lipinski definition) is 4. The van der Waals surface area contributed by atoms with Crippen LogP contribution in [0.3, 0.4) is 0 Å². The Morgan fingerprint density at radius 2 is 2.11 bits per heavy atom. The third-order valence-electron chi connectivity index (χ3n) is 3.11. The van der Waals surface area contributed by atoms with Gasteiger partial charge in [-0.3, -0.25) is 14.4 Å². The lowest BCUT2D eigenvalue weighted by molar-refractivity contribution is -0.145. The van der Waals surface area contributed by atoms with Gasteiger partial charge in [0.2, 0.25) is 0 Å². The van der Waals surface area contributed by atoms with Crippen molar-refractivity contribution in [3.05, 3.63) is 18.0 Å². The molecule has 18 heavy (non-hydrogen) atoms. The molecule has 1 saturated heterocycles. The van der Waals surface area contributed by atoms with Crippen LogP contribution in [0.1, 0.15) is 31.5 Å². The Labute approximate surface area is 106 Å². The Hall–Kier alpha value is -1.40. The molecule has 1 aromatic heterocycles. The van der Waals surface area contributed by atoms with E-state index in [0.29, 0.717) is 26.3 Å². The summed E-state index contributed by atoms with van der Waals surface area (Å²) in [6.45, 7) is 6.49. The number of rotatable bonds is 4. The summed E-state index contributed by atoms with van der Waals surface area (Å²) in [6.07, 6.45) is 3.47. The van der Waals surface area contributed by atoms with Crippen LogP contribution in [0.15, 0.2) is 12.4 Å². The van der Waals surface area contributed by atoms with Gasteiger partial charge in [0.25, 0.3) is 0 Å². The average molecular weight is 253 g/mol. The quantitative estimate of drug-likeness (QED) is 0.864. The molecule has 2 rings (SSSR count). The molecule has 1 aliphatic heterocycles. The van der Waals surface area contributed by atoms with Crippen LogP contribution in [0.25, 0.3) is 0 Å². The zero-order valence-electron chi connectivity index (χ0n) is 10.7. The van der Waals surface area contributed by atoms with Crippen LogP contribution in [0.2, 0.25) is 0 Å². The molecule has 1 atom stereocenters. The minimum atomic E-state index is -0.833. The lowest BCUT2D eigenvalue weighted by Crippen LogP contribution is -2.42. The normalized spacial score (nSPS) is 19.1. The van der Waals surface area contributed by atoms with Gasteiger partial charge < -0.3 is 9.84 Å². The molecule has 100 valence electrons. The van der Waals surface area contributed by atoms with E-state index in [1.54, 1.807) is 10.9 Å². The monoisotopic (exact) mass is 253 g/mol. The number of aliphatic carboxylic acids is 1. The molecule has 1 unspecified atom stereocenters. The number of aromatic nitrogens is 2. The minimum absolute atomic E-state index is 0.234. The lowest BCUT2D eigenvalue weighted by Gasteiger charge is -2.31. The third kappa shape index (κ3) is 2.70. The summed E-state index contributed by atoms with van der Waals surface area (Å²) in [7, 11) is 0. The van der Waals surface area contributed by atoms with Gasteiger partial charge in [-0.1, -0.05) is 0 Å².